The van der Waals surface area contributed by atoms with Crippen molar-refractivity contribution in [1.29, 1.82) is 0 Å². The van der Waals surface area contributed by atoms with Crippen molar-refractivity contribution in [3.8, 4) is 5.75 Å². The van der Waals surface area contributed by atoms with Gasteiger partial charge in [0.15, 0.2) is 0 Å². The van der Waals surface area contributed by atoms with Crippen LogP contribution in [0.3, 0.4) is 0 Å². The van der Waals surface area contributed by atoms with Gasteiger partial charge < -0.3 is 15.2 Å². The molecule has 0 aliphatic heterocycles. The molecule has 6 heteroatoms. The first-order valence-corrected chi connectivity index (χ1v) is 8.62. The van der Waals surface area contributed by atoms with E-state index in [1.165, 1.54) is 11.8 Å². The van der Waals surface area contributed by atoms with Gasteiger partial charge in [-0.15, -0.1) is 11.8 Å². The molecule has 0 unspecified atom stereocenters. The highest BCUT2D eigenvalue weighted by molar-refractivity contribution is 8.00. The maximum absolute atomic E-state index is 11.6. The van der Waals surface area contributed by atoms with E-state index >= 15 is 0 Å². The number of aliphatic hydroxyl groups is 1. The van der Waals surface area contributed by atoms with Gasteiger partial charge in [0, 0.05) is 23.8 Å². The number of ether oxygens (including phenoxy) is 1. The molecule has 1 aromatic carbocycles. The van der Waals surface area contributed by atoms with Gasteiger partial charge in [-0.2, -0.15) is 11.8 Å². The Morgan fingerprint density at radius 3 is 2.70 bits per heavy atom. The van der Waals surface area contributed by atoms with Crippen LogP contribution in [0, 0.1) is 0 Å². The van der Waals surface area contributed by atoms with Crippen molar-refractivity contribution >= 4 is 29.4 Å². The van der Waals surface area contributed by atoms with E-state index in [9.17, 15) is 4.79 Å². The first-order valence-electron chi connectivity index (χ1n) is 6.48. The number of rotatable bonds is 10. The summed E-state index contributed by atoms with van der Waals surface area (Å²) in [5.74, 6) is 3.12. The highest BCUT2D eigenvalue weighted by atomic mass is 32.2. The van der Waals surface area contributed by atoms with Crippen LogP contribution in [0.15, 0.2) is 29.2 Å². The topological polar surface area (TPSA) is 58.6 Å². The Balaban J connectivity index is 2.10. The van der Waals surface area contributed by atoms with Crippen molar-refractivity contribution in [2.45, 2.75) is 11.3 Å². The highest BCUT2D eigenvalue weighted by Crippen LogP contribution is 2.20. The summed E-state index contributed by atoms with van der Waals surface area (Å²) in [5.41, 5.74) is 0. The third-order valence-electron chi connectivity index (χ3n) is 2.44. The van der Waals surface area contributed by atoms with E-state index in [0.29, 0.717) is 12.3 Å². The van der Waals surface area contributed by atoms with Gasteiger partial charge in [-0.25, -0.2) is 0 Å². The lowest BCUT2D eigenvalue weighted by Crippen LogP contribution is -2.27. The summed E-state index contributed by atoms with van der Waals surface area (Å²) >= 11 is 3.26. The van der Waals surface area contributed by atoms with Gasteiger partial charge in [0.25, 0.3) is 0 Å². The van der Waals surface area contributed by atoms with E-state index in [2.05, 4.69) is 5.32 Å². The van der Waals surface area contributed by atoms with Crippen molar-refractivity contribution in [3.63, 3.8) is 0 Å². The second kappa shape index (κ2) is 10.9. The van der Waals surface area contributed by atoms with Crippen LogP contribution in [0.4, 0.5) is 0 Å². The quantitative estimate of drug-likeness (QED) is 0.511. The monoisotopic (exact) mass is 315 g/mol. The van der Waals surface area contributed by atoms with Crippen LogP contribution in [0.5, 0.6) is 5.75 Å². The summed E-state index contributed by atoms with van der Waals surface area (Å²) in [4.78, 5) is 12.7. The average molecular weight is 315 g/mol. The van der Waals surface area contributed by atoms with Gasteiger partial charge in [0.2, 0.25) is 5.91 Å². The molecule has 1 rings (SSSR count). The van der Waals surface area contributed by atoms with Gasteiger partial charge in [-0.05, 0) is 36.4 Å². The normalized spacial score (nSPS) is 10.3. The lowest BCUT2D eigenvalue weighted by Gasteiger charge is -2.05. The number of methoxy groups -OCH3 is 1. The van der Waals surface area contributed by atoms with Gasteiger partial charge in [0.1, 0.15) is 5.75 Å². The van der Waals surface area contributed by atoms with Crippen molar-refractivity contribution < 1.29 is 14.6 Å². The summed E-state index contributed by atoms with van der Waals surface area (Å²) in [6.45, 7) is 0.913. The minimum absolute atomic E-state index is 0.0496. The molecule has 1 amide bonds. The number of aliphatic hydroxyl groups excluding tert-OH is 1. The largest absolute Gasteiger partial charge is 0.497 e. The van der Waals surface area contributed by atoms with Crippen LogP contribution in [0.2, 0.25) is 0 Å². The fourth-order valence-electron chi connectivity index (χ4n) is 1.40. The van der Waals surface area contributed by atoms with Crippen LogP contribution in [0.1, 0.15) is 6.42 Å². The fourth-order valence-corrected chi connectivity index (χ4v) is 2.92. The standard InChI is InChI=1S/C14H21NO3S2/c1-18-12-3-5-13(6-4-12)20-11-14(17)15-7-10-19-9-2-8-16/h3-6,16H,2,7-11H2,1H3,(H,15,17). The molecule has 20 heavy (non-hydrogen) atoms. The number of hydrogen-bond acceptors (Lipinski definition) is 5. The Labute approximate surface area is 128 Å². The molecular weight excluding hydrogens is 294 g/mol. The van der Waals surface area contributed by atoms with Crippen molar-refractivity contribution in [2.75, 3.05) is 37.5 Å². The molecule has 0 heterocycles. The molecule has 0 saturated heterocycles. The number of hydrogen-bond donors (Lipinski definition) is 2. The maximum atomic E-state index is 11.6. The zero-order valence-electron chi connectivity index (χ0n) is 11.6. The highest BCUT2D eigenvalue weighted by Gasteiger charge is 2.02. The lowest BCUT2D eigenvalue weighted by molar-refractivity contribution is -0.118. The van der Waals surface area contributed by atoms with Crippen molar-refractivity contribution in [1.82, 2.24) is 5.32 Å². The molecule has 2 N–H and O–H groups in total. The van der Waals surface area contributed by atoms with E-state index in [1.807, 2.05) is 24.3 Å². The van der Waals surface area contributed by atoms with Crippen LogP contribution in [-0.4, -0.2) is 48.5 Å². The molecule has 0 saturated carbocycles. The summed E-state index contributed by atoms with van der Waals surface area (Å²) in [6, 6.07) is 7.67. The van der Waals surface area contributed by atoms with Crippen LogP contribution in [0.25, 0.3) is 0 Å². The van der Waals surface area contributed by atoms with Crippen LogP contribution >= 0.6 is 23.5 Å². The molecular formula is C14H21NO3S2. The second-order valence-corrected chi connectivity index (χ2v) is 6.28. The number of amides is 1. The van der Waals surface area contributed by atoms with E-state index in [-0.39, 0.29) is 12.5 Å². The Bertz CT molecular complexity index is 385. The third-order valence-corrected chi connectivity index (χ3v) is 4.53. The lowest BCUT2D eigenvalue weighted by atomic mass is 10.3. The zero-order valence-corrected chi connectivity index (χ0v) is 13.3. The molecule has 0 fully saturated rings. The molecule has 0 bridgehead atoms. The van der Waals surface area contributed by atoms with Gasteiger partial charge >= 0.3 is 0 Å². The predicted molar refractivity (Wildman–Crippen MR) is 85.8 cm³/mol. The van der Waals surface area contributed by atoms with Gasteiger partial charge in [0.05, 0.1) is 12.9 Å². The third kappa shape index (κ3) is 7.67. The van der Waals surface area contributed by atoms with Crippen LogP contribution in [-0.2, 0) is 4.79 Å². The number of thioether (sulfide) groups is 2. The van der Waals surface area contributed by atoms with Crippen molar-refractivity contribution in [3.05, 3.63) is 24.3 Å². The first-order chi connectivity index (χ1) is 9.76. The molecule has 0 aromatic heterocycles. The molecule has 0 aliphatic rings. The Morgan fingerprint density at radius 1 is 1.30 bits per heavy atom. The average Bonchev–Trinajstić information content (AvgIpc) is 2.49. The van der Waals surface area contributed by atoms with E-state index in [4.69, 9.17) is 9.84 Å². The predicted octanol–water partition coefficient (Wildman–Crippen LogP) is 2.02. The summed E-state index contributed by atoms with van der Waals surface area (Å²) in [5, 5.41) is 11.5. The summed E-state index contributed by atoms with van der Waals surface area (Å²) in [7, 11) is 1.63. The van der Waals surface area contributed by atoms with E-state index in [1.54, 1.807) is 18.9 Å². The van der Waals surface area contributed by atoms with E-state index in [0.717, 1.165) is 28.6 Å². The molecule has 4 nitrogen and oxygen atoms in total. The Hall–Kier alpha value is -0.850. The Kier molecular flexibility index (Phi) is 9.36. The number of carbonyl (C=O) groups is 1. The molecule has 0 atom stereocenters. The number of carbonyl (C=O) groups excluding carboxylic acids is 1. The number of nitrogens with one attached hydrogen (secondary N) is 1. The minimum Gasteiger partial charge on any atom is -0.497 e. The molecule has 0 aliphatic carbocycles. The first kappa shape index (κ1) is 17.2. The molecule has 1 aromatic rings. The van der Waals surface area contributed by atoms with Gasteiger partial charge in [-0.1, -0.05) is 0 Å². The SMILES string of the molecule is COc1ccc(SCC(=O)NCCSCCCO)cc1. The van der Waals surface area contributed by atoms with Crippen molar-refractivity contribution in [2.24, 2.45) is 0 Å². The second-order valence-electron chi connectivity index (χ2n) is 4.00. The zero-order chi connectivity index (χ0) is 14.6. The Morgan fingerprint density at radius 2 is 2.05 bits per heavy atom. The molecule has 0 radical (unpaired) electrons. The van der Waals surface area contributed by atoms with Crippen LogP contribution < -0.4 is 10.1 Å². The maximum Gasteiger partial charge on any atom is 0.230 e. The van der Waals surface area contributed by atoms with Gasteiger partial charge in [-0.3, -0.25) is 4.79 Å². The molecule has 112 valence electrons. The summed E-state index contributed by atoms with van der Waals surface area (Å²) in [6.07, 6.45) is 0.811. The number of benzene rings is 1. The summed E-state index contributed by atoms with van der Waals surface area (Å²) < 4.78 is 5.08. The smallest absolute Gasteiger partial charge is 0.230 e. The molecule has 0 spiro atoms. The minimum atomic E-state index is 0.0496. The van der Waals surface area contributed by atoms with E-state index < -0.39 is 0 Å². The fraction of sp³-hybridized carbons (Fsp3) is 0.500.